The predicted molar refractivity (Wildman–Crippen MR) is 125 cm³/mol. The Labute approximate surface area is 186 Å². The first-order valence-electron chi connectivity index (χ1n) is 10.4. The number of amides is 2. The van der Waals surface area contributed by atoms with Gasteiger partial charge in [-0.3, -0.25) is 9.59 Å². The summed E-state index contributed by atoms with van der Waals surface area (Å²) in [6, 6.07) is 19.1. The maximum absolute atomic E-state index is 12.9. The minimum Gasteiger partial charge on any atom is -0.338 e. The number of hydrogen-bond donors (Lipinski definition) is 1. The monoisotopic (exact) mass is 428 g/mol. The molecule has 4 nitrogen and oxygen atoms in total. The zero-order valence-corrected chi connectivity index (χ0v) is 18.2. The van der Waals surface area contributed by atoms with Gasteiger partial charge in [0.2, 0.25) is 5.91 Å². The number of likely N-dealkylation sites (tertiary alicyclic amines) is 1. The number of anilines is 1. The molecular weight excluding hydrogens is 404 g/mol. The summed E-state index contributed by atoms with van der Waals surface area (Å²) in [5.74, 6) is 5.99. The van der Waals surface area contributed by atoms with Crippen LogP contribution in [0.5, 0.6) is 0 Å². The molecule has 156 valence electrons. The van der Waals surface area contributed by atoms with E-state index < -0.39 is 0 Å². The Morgan fingerprint density at radius 1 is 1.06 bits per heavy atom. The van der Waals surface area contributed by atoms with E-state index >= 15 is 0 Å². The van der Waals surface area contributed by atoms with Crippen molar-refractivity contribution in [2.24, 2.45) is 5.92 Å². The summed E-state index contributed by atoms with van der Waals surface area (Å²) < 4.78 is 0. The van der Waals surface area contributed by atoms with Gasteiger partial charge in [0.05, 0.1) is 10.8 Å². The molecule has 1 N–H and O–H groups in total. The van der Waals surface area contributed by atoms with Gasteiger partial charge in [-0.15, -0.1) is 11.3 Å². The van der Waals surface area contributed by atoms with Crippen molar-refractivity contribution >= 4 is 28.8 Å². The second kappa shape index (κ2) is 9.63. The molecule has 31 heavy (non-hydrogen) atoms. The van der Waals surface area contributed by atoms with Crippen LogP contribution in [0.3, 0.4) is 0 Å². The summed E-state index contributed by atoms with van der Waals surface area (Å²) >= 11 is 1.60. The van der Waals surface area contributed by atoms with Gasteiger partial charge in [-0.1, -0.05) is 41.7 Å². The zero-order valence-electron chi connectivity index (χ0n) is 17.4. The number of rotatable bonds is 3. The van der Waals surface area contributed by atoms with Crippen LogP contribution in [-0.2, 0) is 4.79 Å². The first-order chi connectivity index (χ1) is 15.1. The summed E-state index contributed by atoms with van der Waals surface area (Å²) in [5, 5.41) is 5.01. The van der Waals surface area contributed by atoms with Crippen molar-refractivity contribution in [1.82, 2.24) is 4.90 Å². The fraction of sp³-hybridized carbons (Fsp3) is 0.231. The van der Waals surface area contributed by atoms with Gasteiger partial charge in [0.15, 0.2) is 0 Å². The van der Waals surface area contributed by atoms with E-state index in [9.17, 15) is 9.59 Å². The van der Waals surface area contributed by atoms with Crippen LogP contribution in [0.1, 0.15) is 39.2 Å². The molecule has 1 saturated heterocycles. The minimum absolute atomic E-state index is 0.0108. The Morgan fingerprint density at radius 2 is 1.90 bits per heavy atom. The van der Waals surface area contributed by atoms with E-state index in [2.05, 4.69) is 17.2 Å². The smallest absolute Gasteiger partial charge is 0.253 e. The highest BCUT2D eigenvalue weighted by Gasteiger charge is 2.29. The maximum Gasteiger partial charge on any atom is 0.253 e. The molecule has 4 rings (SSSR count). The summed E-state index contributed by atoms with van der Waals surface area (Å²) in [6.45, 7) is 3.12. The number of hydrogen-bond acceptors (Lipinski definition) is 3. The van der Waals surface area contributed by atoms with Crippen LogP contribution in [0.2, 0.25) is 0 Å². The lowest BCUT2D eigenvalue weighted by molar-refractivity contribution is -0.121. The average molecular weight is 429 g/mol. The van der Waals surface area contributed by atoms with Crippen molar-refractivity contribution < 1.29 is 9.59 Å². The van der Waals surface area contributed by atoms with Crippen molar-refractivity contribution in [3.05, 3.63) is 87.6 Å². The molecule has 0 radical (unpaired) electrons. The molecule has 1 aliphatic heterocycles. The molecule has 1 fully saturated rings. The van der Waals surface area contributed by atoms with E-state index in [-0.39, 0.29) is 17.7 Å². The lowest BCUT2D eigenvalue weighted by atomic mass is 9.96. The number of nitrogens with zero attached hydrogens (tertiary/aromatic N) is 1. The highest BCUT2D eigenvalue weighted by molar-refractivity contribution is 7.10. The molecule has 1 atom stereocenters. The number of carbonyl (C=O) groups excluding carboxylic acids is 2. The van der Waals surface area contributed by atoms with Gasteiger partial charge >= 0.3 is 0 Å². The number of thiophene rings is 1. The highest BCUT2D eigenvalue weighted by atomic mass is 32.1. The molecular formula is C26H24N2O2S. The van der Waals surface area contributed by atoms with Gasteiger partial charge in [0.25, 0.3) is 5.91 Å². The summed E-state index contributed by atoms with van der Waals surface area (Å²) in [4.78, 5) is 28.5. The lowest BCUT2D eigenvalue weighted by Crippen LogP contribution is -2.43. The second-order valence-electron chi connectivity index (χ2n) is 7.75. The Bertz CT molecular complexity index is 1120. The molecule has 2 aromatic carbocycles. The number of piperidine rings is 1. The molecule has 3 aromatic rings. The topological polar surface area (TPSA) is 49.4 Å². The molecule has 2 amide bonds. The van der Waals surface area contributed by atoms with Gasteiger partial charge in [0.1, 0.15) is 0 Å². The lowest BCUT2D eigenvalue weighted by Gasteiger charge is -2.32. The Hall–Kier alpha value is -3.36. The van der Waals surface area contributed by atoms with Crippen LogP contribution >= 0.6 is 11.3 Å². The minimum atomic E-state index is -0.219. The van der Waals surface area contributed by atoms with Crippen molar-refractivity contribution in [2.45, 2.75) is 19.8 Å². The summed E-state index contributed by atoms with van der Waals surface area (Å²) in [5.41, 5.74) is 3.37. The Balaban J connectivity index is 1.40. The second-order valence-corrected chi connectivity index (χ2v) is 8.70. The fourth-order valence-electron chi connectivity index (χ4n) is 3.66. The summed E-state index contributed by atoms with van der Waals surface area (Å²) in [6.07, 6.45) is 1.60. The first-order valence-corrected chi connectivity index (χ1v) is 11.3. The average Bonchev–Trinajstić information content (AvgIpc) is 3.32. The van der Waals surface area contributed by atoms with E-state index in [1.807, 2.05) is 73.0 Å². The van der Waals surface area contributed by atoms with E-state index in [0.29, 0.717) is 18.7 Å². The Kier molecular flexibility index (Phi) is 6.49. The van der Waals surface area contributed by atoms with Crippen molar-refractivity contribution in [3.63, 3.8) is 0 Å². The predicted octanol–water partition coefficient (Wildman–Crippen LogP) is 4.95. The standard InChI is InChI=1S/C26H24N2O2S/c1-19-9-12-21(13-10-19)26(30)28-15-3-6-22(18-28)25(29)27-23-7-2-5-20(17-23)11-14-24-8-4-16-31-24/h2,4-5,7-10,12-13,16-17,22H,3,6,15,18H2,1H3,(H,27,29). The van der Waals surface area contributed by atoms with Crippen LogP contribution in [0.4, 0.5) is 5.69 Å². The number of nitrogens with one attached hydrogen (secondary N) is 1. The molecule has 0 spiro atoms. The zero-order chi connectivity index (χ0) is 21.6. The molecule has 0 aliphatic carbocycles. The van der Waals surface area contributed by atoms with Gasteiger partial charge in [-0.05, 0) is 61.5 Å². The third-order valence-electron chi connectivity index (χ3n) is 5.36. The number of aryl methyl sites for hydroxylation is 1. The SMILES string of the molecule is Cc1ccc(C(=O)N2CCCC(C(=O)Nc3cccc(C#Cc4cccs4)c3)C2)cc1. The van der Waals surface area contributed by atoms with Crippen LogP contribution < -0.4 is 5.32 Å². The van der Waals surface area contributed by atoms with Gasteiger partial charge in [-0.25, -0.2) is 0 Å². The normalized spacial score (nSPS) is 15.6. The van der Waals surface area contributed by atoms with E-state index in [1.54, 1.807) is 16.2 Å². The van der Waals surface area contributed by atoms with E-state index in [4.69, 9.17) is 0 Å². The number of benzene rings is 2. The molecule has 0 bridgehead atoms. The van der Waals surface area contributed by atoms with E-state index in [0.717, 1.165) is 34.5 Å². The number of carbonyl (C=O) groups is 2. The van der Waals surface area contributed by atoms with Crippen LogP contribution in [0, 0.1) is 24.7 Å². The van der Waals surface area contributed by atoms with Crippen molar-refractivity contribution in [1.29, 1.82) is 0 Å². The largest absolute Gasteiger partial charge is 0.338 e. The van der Waals surface area contributed by atoms with Gasteiger partial charge in [-0.2, -0.15) is 0 Å². The van der Waals surface area contributed by atoms with Gasteiger partial charge in [0, 0.05) is 29.9 Å². The molecule has 1 aliphatic rings. The molecule has 0 saturated carbocycles. The first kappa shape index (κ1) is 20.9. The van der Waals surface area contributed by atoms with Crippen molar-refractivity contribution in [2.75, 3.05) is 18.4 Å². The molecule has 2 heterocycles. The van der Waals surface area contributed by atoms with Crippen LogP contribution in [0.15, 0.2) is 66.0 Å². The Morgan fingerprint density at radius 3 is 2.68 bits per heavy atom. The third kappa shape index (κ3) is 5.42. The third-order valence-corrected chi connectivity index (χ3v) is 6.14. The molecule has 1 unspecified atom stereocenters. The molecule has 1 aromatic heterocycles. The van der Waals surface area contributed by atoms with E-state index in [1.165, 1.54) is 0 Å². The highest BCUT2D eigenvalue weighted by Crippen LogP contribution is 2.21. The quantitative estimate of drug-likeness (QED) is 0.600. The van der Waals surface area contributed by atoms with Gasteiger partial charge < -0.3 is 10.2 Å². The maximum atomic E-state index is 12.9. The summed E-state index contributed by atoms with van der Waals surface area (Å²) in [7, 11) is 0. The van der Waals surface area contributed by atoms with Crippen molar-refractivity contribution in [3.8, 4) is 11.8 Å². The van der Waals surface area contributed by atoms with Crippen LogP contribution in [-0.4, -0.2) is 29.8 Å². The molecule has 5 heteroatoms. The fourth-order valence-corrected chi connectivity index (χ4v) is 4.23. The van der Waals surface area contributed by atoms with Crippen LogP contribution in [0.25, 0.3) is 0 Å².